The summed E-state index contributed by atoms with van der Waals surface area (Å²) in [5, 5.41) is 12.1. The fourth-order valence-electron chi connectivity index (χ4n) is 3.28. The lowest BCUT2D eigenvalue weighted by Crippen LogP contribution is -2.12. The Morgan fingerprint density at radius 1 is 1.00 bits per heavy atom. The average Bonchev–Trinajstić information content (AvgIpc) is 2.92. The molecule has 0 radical (unpaired) electrons. The number of aromatic nitrogens is 3. The van der Waals surface area contributed by atoms with E-state index < -0.39 is 0 Å². The zero-order valence-electron chi connectivity index (χ0n) is 14.6. The number of nitrogens with one attached hydrogen (secondary N) is 1. The van der Waals surface area contributed by atoms with Crippen LogP contribution in [0.25, 0.3) is 11.4 Å². The predicted molar refractivity (Wildman–Crippen MR) is 107 cm³/mol. The molecule has 1 aliphatic rings. The number of carbonyl (C=O) groups excluding carboxylic acids is 1. The largest absolute Gasteiger partial charge is 0.322 e. The van der Waals surface area contributed by atoms with E-state index >= 15 is 0 Å². The molecule has 1 amide bonds. The van der Waals surface area contributed by atoms with Crippen LogP contribution in [-0.2, 0) is 13.0 Å². The lowest BCUT2D eigenvalue weighted by Gasteiger charge is -2.09. The van der Waals surface area contributed by atoms with Crippen LogP contribution in [0.1, 0.15) is 35.4 Å². The van der Waals surface area contributed by atoms with Crippen molar-refractivity contribution in [2.24, 2.45) is 0 Å². The maximum absolute atomic E-state index is 12.4. The maximum atomic E-state index is 12.4. The number of fused-ring (bicyclic) bond motifs is 1. The van der Waals surface area contributed by atoms with Gasteiger partial charge in [-0.2, -0.15) is 0 Å². The van der Waals surface area contributed by atoms with Crippen molar-refractivity contribution in [3.63, 3.8) is 0 Å². The topological polar surface area (TPSA) is 59.8 Å². The number of rotatable bonds is 3. The molecule has 138 valence electrons. The van der Waals surface area contributed by atoms with E-state index in [1.165, 1.54) is 6.42 Å². The van der Waals surface area contributed by atoms with Crippen molar-refractivity contribution in [1.29, 1.82) is 0 Å². The van der Waals surface area contributed by atoms with E-state index in [-0.39, 0.29) is 10.9 Å². The zero-order valence-corrected chi connectivity index (χ0v) is 16.1. The van der Waals surface area contributed by atoms with Gasteiger partial charge < -0.3 is 9.88 Å². The maximum Gasteiger partial charge on any atom is 0.257 e. The molecule has 0 spiro atoms. The third kappa shape index (κ3) is 3.70. The summed E-state index contributed by atoms with van der Waals surface area (Å²) in [4.78, 5) is 12.4. The minimum Gasteiger partial charge on any atom is -0.322 e. The Morgan fingerprint density at radius 3 is 2.63 bits per heavy atom. The fourth-order valence-corrected chi connectivity index (χ4v) is 3.67. The van der Waals surface area contributed by atoms with Crippen LogP contribution in [0, 0.1) is 0 Å². The Balaban J connectivity index is 1.54. The predicted octanol–water partition coefficient (Wildman–Crippen LogP) is 5.23. The van der Waals surface area contributed by atoms with Gasteiger partial charge in [0, 0.05) is 24.2 Å². The van der Waals surface area contributed by atoms with E-state index in [1.54, 1.807) is 18.2 Å². The number of hydrogen-bond donors (Lipinski definition) is 1. The van der Waals surface area contributed by atoms with Gasteiger partial charge in [0.1, 0.15) is 5.82 Å². The minimum atomic E-state index is -0.299. The molecule has 1 N–H and O–H groups in total. The van der Waals surface area contributed by atoms with Crippen LogP contribution >= 0.6 is 23.2 Å². The van der Waals surface area contributed by atoms with E-state index in [4.69, 9.17) is 23.2 Å². The normalized spacial score (nSPS) is 13.7. The van der Waals surface area contributed by atoms with Crippen LogP contribution in [0.3, 0.4) is 0 Å². The first-order chi connectivity index (χ1) is 13.1. The van der Waals surface area contributed by atoms with E-state index in [0.29, 0.717) is 16.3 Å². The molecule has 0 saturated carbocycles. The molecule has 0 unspecified atom stereocenters. The van der Waals surface area contributed by atoms with E-state index in [1.807, 2.05) is 24.3 Å². The summed E-state index contributed by atoms with van der Waals surface area (Å²) in [6.07, 6.45) is 4.50. The van der Waals surface area contributed by atoms with Crippen LogP contribution in [-0.4, -0.2) is 20.7 Å². The van der Waals surface area contributed by atoms with Crippen LogP contribution in [0.4, 0.5) is 5.69 Å². The summed E-state index contributed by atoms with van der Waals surface area (Å²) in [6, 6.07) is 12.6. The number of carbonyl (C=O) groups is 1. The summed E-state index contributed by atoms with van der Waals surface area (Å²) in [5.74, 6) is 1.63. The number of hydrogen-bond acceptors (Lipinski definition) is 3. The van der Waals surface area contributed by atoms with Crippen molar-refractivity contribution in [3.05, 3.63) is 63.9 Å². The van der Waals surface area contributed by atoms with Crippen molar-refractivity contribution in [2.75, 3.05) is 5.32 Å². The van der Waals surface area contributed by atoms with Crippen molar-refractivity contribution in [3.8, 4) is 11.4 Å². The van der Waals surface area contributed by atoms with Gasteiger partial charge in [-0.25, -0.2) is 0 Å². The summed E-state index contributed by atoms with van der Waals surface area (Å²) in [5.41, 5.74) is 2.00. The molecule has 1 aromatic heterocycles. The highest BCUT2D eigenvalue weighted by atomic mass is 35.5. The van der Waals surface area contributed by atoms with Crippen molar-refractivity contribution in [2.45, 2.75) is 32.2 Å². The van der Waals surface area contributed by atoms with Gasteiger partial charge in [0.25, 0.3) is 5.91 Å². The van der Waals surface area contributed by atoms with Gasteiger partial charge >= 0.3 is 0 Å². The first-order valence-electron chi connectivity index (χ1n) is 8.91. The molecule has 1 aliphatic heterocycles. The fraction of sp³-hybridized carbons (Fsp3) is 0.250. The standard InChI is InChI=1S/C20H18Cl2N4O/c21-16-6-4-5-15(18(16)22)20(27)23-14-10-8-13(9-11-14)19-25-24-17-7-2-1-3-12-26(17)19/h4-6,8-11H,1-3,7,12H2,(H,23,27). The smallest absolute Gasteiger partial charge is 0.257 e. The van der Waals surface area contributed by atoms with Gasteiger partial charge in [0.15, 0.2) is 5.82 Å². The third-order valence-corrected chi connectivity index (χ3v) is 5.53. The number of anilines is 1. The molecule has 7 heteroatoms. The molecule has 3 aromatic rings. The lowest BCUT2D eigenvalue weighted by molar-refractivity contribution is 0.102. The first-order valence-corrected chi connectivity index (χ1v) is 9.67. The van der Waals surface area contributed by atoms with Gasteiger partial charge in [-0.05, 0) is 49.2 Å². The summed E-state index contributed by atoms with van der Waals surface area (Å²) >= 11 is 12.1. The second kappa shape index (κ2) is 7.71. The Bertz CT molecular complexity index is 982. The van der Waals surface area contributed by atoms with Gasteiger partial charge in [-0.1, -0.05) is 35.7 Å². The number of nitrogens with zero attached hydrogens (tertiary/aromatic N) is 3. The van der Waals surface area contributed by atoms with Gasteiger partial charge in [0.05, 0.1) is 15.6 Å². The molecule has 4 rings (SSSR count). The molecular formula is C20H18Cl2N4O. The summed E-state index contributed by atoms with van der Waals surface area (Å²) < 4.78 is 2.20. The zero-order chi connectivity index (χ0) is 18.8. The van der Waals surface area contributed by atoms with E-state index in [0.717, 1.165) is 43.0 Å². The van der Waals surface area contributed by atoms with Gasteiger partial charge in [-0.3, -0.25) is 4.79 Å². The molecule has 2 aromatic carbocycles. The molecule has 0 aliphatic carbocycles. The van der Waals surface area contributed by atoms with Gasteiger partial charge in [0.2, 0.25) is 0 Å². The highest BCUT2D eigenvalue weighted by Crippen LogP contribution is 2.27. The van der Waals surface area contributed by atoms with Crippen LogP contribution in [0.15, 0.2) is 42.5 Å². The Hall–Kier alpha value is -2.37. The summed E-state index contributed by atoms with van der Waals surface area (Å²) in [7, 11) is 0. The van der Waals surface area contributed by atoms with Crippen LogP contribution < -0.4 is 5.32 Å². The first kappa shape index (κ1) is 18.0. The Morgan fingerprint density at radius 2 is 1.81 bits per heavy atom. The molecule has 5 nitrogen and oxygen atoms in total. The van der Waals surface area contributed by atoms with Gasteiger partial charge in [-0.15, -0.1) is 10.2 Å². The highest BCUT2D eigenvalue weighted by Gasteiger charge is 2.16. The number of benzene rings is 2. The molecule has 0 atom stereocenters. The van der Waals surface area contributed by atoms with Crippen LogP contribution in [0.5, 0.6) is 0 Å². The third-order valence-electron chi connectivity index (χ3n) is 4.71. The highest BCUT2D eigenvalue weighted by molar-refractivity contribution is 6.44. The van der Waals surface area contributed by atoms with E-state index in [9.17, 15) is 4.79 Å². The minimum absolute atomic E-state index is 0.249. The number of halogens is 2. The SMILES string of the molecule is O=C(Nc1ccc(-c2nnc3n2CCCCC3)cc1)c1cccc(Cl)c1Cl. The van der Waals surface area contributed by atoms with Crippen molar-refractivity contribution in [1.82, 2.24) is 14.8 Å². The number of amides is 1. The molecule has 0 saturated heterocycles. The quantitative estimate of drug-likeness (QED) is 0.654. The molecular weight excluding hydrogens is 383 g/mol. The van der Waals surface area contributed by atoms with Crippen molar-refractivity contribution < 1.29 is 4.79 Å². The second-order valence-corrected chi connectivity index (χ2v) is 7.32. The Labute approximate surface area is 167 Å². The summed E-state index contributed by atoms with van der Waals surface area (Å²) in [6.45, 7) is 0.948. The molecule has 0 bridgehead atoms. The second-order valence-electron chi connectivity index (χ2n) is 6.53. The van der Waals surface area contributed by atoms with Crippen LogP contribution in [0.2, 0.25) is 10.0 Å². The Kier molecular flexibility index (Phi) is 5.14. The average molecular weight is 401 g/mol. The molecule has 2 heterocycles. The lowest BCUT2D eigenvalue weighted by atomic mass is 10.1. The molecule has 0 fully saturated rings. The monoisotopic (exact) mass is 400 g/mol. The van der Waals surface area contributed by atoms with Crippen molar-refractivity contribution >= 4 is 34.8 Å². The molecule has 27 heavy (non-hydrogen) atoms. The number of aryl methyl sites for hydroxylation is 1. The van der Waals surface area contributed by atoms with E-state index in [2.05, 4.69) is 20.1 Å².